The average molecular weight is 277 g/mol. The predicted molar refractivity (Wildman–Crippen MR) is 75.7 cm³/mol. The fraction of sp³-hybridized carbons (Fsp3) is 0.500. The van der Waals surface area contributed by atoms with E-state index in [1.807, 2.05) is 4.90 Å². The number of nitro benzene ring substituents is 1. The second-order valence-corrected chi connectivity index (χ2v) is 4.94. The summed E-state index contributed by atoms with van der Waals surface area (Å²) in [5.74, 6) is -0.0453. The number of hydrogen-bond acceptors (Lipinski definition) is 4. The van der Waals surface area contributed by atoms with Crippen LogP contribution in [-0.2, 0) is 0 Å². The lowest BCUT2D eigenvalue weighted by Gasteiger charge is -2.34. The van der Waals surface area contributed by atoms with Gasteiger partial charge in [0.25, 0.3) is 11.6 Å². The summed E-state index contributed by atoms with van der Waals surface area (Å²) in [6.45, 7) is 6.44. The second-order valence-electron chi connectivity index (χ2n) is 4.94. The fourth-order valence-electron chi connectivity index (χ4n) is 2.40. The van der Waals surface area contributed by atoms with E-state index in [1.54, 1.807) is 0 Å². The summed E-state index contributed by atoms with van der Waals surface area (Å²) in [4.78, 5) is 26.6. The molecule has 0 saturated carbocycles. The van der Waals surface area contributed by atoms with Gasteiger partial charge in [-0.25, -0.2) is 0 Å². The molecule has 1 aliphatic rings. The van der Waals surface area contributed by atoms with Gasteiger partial charge in [0.15, 0.2) is 0 Å². The Labute approximate surface area is 118 Å². The first-order valence-electron chi connectivity index (χ1n) is 6.88. The zero-order valence-corrected chi connectivity index (χ0v) is 11.6. The summed E-state index contributed by atoms with van der Waals surface area (Å²) < 4.78 is 0. The third-order valence-corrected chi connectivity index (χ3v) is 3.52. The molecule has 6 nitrogen and oxygen atoms in total. The summed E-state index contributed by atoms with van der Waals surface area (Å²) in [7, 11) is 0. The Morgan fingerprint density at radius 1 is 1.20 bits per heavy atom. The third-order valence-electron chi connectivity index (χ3n) is 3.52. The van der Waals surface area contributed by atoms with Crippen LogP contribution >= 0.6 is 0 Å². The highest BCUT2D eigenvalue weighted by molar-refractivity contribution is 5.94. The lowest BCUT2D eigenvalue weighted by Crippen LogP contribution is -2.48. The predicted octanol–water partition coefficient (Wildman–Crippen LogP) is 1.76. The number of rotatable bonds is 4. The minimum Gasteiger partial charge on any atom is -0.336 e. The van der Waals surface area contributed by atoms with Gasteiger partial charge in [0, 0.05) is 43.9 Å². The van der Waals surface area contributed by atoms with Crippen molar-refractivity contribution < 1.29 is 9.72 Å². The van der Waals surface area contributed by atoms with Crippen LogP contribution in [0.3, 0.4) is 0 Å². The molecule has 1 saturated heterocycles. The molecule has 108 valence electrons. The van der Waals surface area contributed by atoms with Crippen LogP contribution in [0.25, 0.3) is 0 Å². The average Bonchev–Trinajstić information content (AvgIpc) is 2.48. The van der Waals surface area contributed by atoms with Gasteiger partial charge in [-0.15, -0.1) is 0 Å². The molecule has 1 aromatic rings. The number of non-ortho nitro benzene ring substituents is 1. The number of carbonyl (C=O) groups excluding carboxylic acids is 1. The van der Waals surface area contributed by atoms with Crippen molar-refractivity contribution in [3.05, 3.63) is 39.9 Å². The molecule has 0 unspecified atom stereocenters. The summed E-state index contributed by atoms with van der Waals surface area (Å²) in [6, 6.07) is 5.80. The van der Waals surface area contributed by atoms with E-state index in [-0.39, 0.29) is 11.6 Å². The topological polar surface area (TPSA) is 66.7 Å². The lowest BCUT2D eigenvalue weighted by atomic mass is 10.1. The van der Waals surface area contributed by atoms with Gasteiger partial charge < -0.3 is 4.90 Å². The van der Waals surface area contributed by atoms with Crippen molar-refractivity contribution in [2.24, 2.45) is 0 Å². The monoisotopic (exact) mass is 277 g/mol. The Balaban J connectivity index is 1.96. The number of nitro groups is 1. The zero-order chi connectivity index (χ0) is 14.5. The first-order valence-corrected chi connectivity index (χ1v) is 6.88. The van der Waals surface area contributed by atoms with E-state index >= 15 is 0 Å². The Bertz CT molecular complexity index is 479. The van der Waals surface area contributed by atoms with Crippen LogP contribution in [0, 0.1) is 10.1 Å². The second kappa shape index (κ2) is 6.47. The van der Waals surface area contributed by atoms with Gasteiger partial charge in [0.05, 0.1) is 4.92 Å². The fourth-order valence-corrected chi connectivity index (χ4v) is 2.40. The van der Waals surface area contributed by atoms with Gasteiger partial charge >= 0.3 is 0 Å². The van der Waals surface area contributed by atoms with Crippen molar-refractivity contribution in [3.63, 3.8) is 0 Å². The molecule has 1 amide bonds. The van der Waals surface area contributed by atoms with Crippen molar-refractivity contribution in [2.75, 3.05) is 32.7 Å². The zero-order valence-electron chi connectivity index (χ0n) is 11.6. The van der Waals surface area contributed by atoms with E-state index < -0.39 is 4.92 Å². The quantitative estimate of drug-likeness (QED) is 0.621. The number of piperazine rings is 1. The molecular weight excluding hydrogens is 258 g/mol. The molecule has 1 aromatic carbocycles. The number of nitrogens with zero attached hydrogens (tertiary/aromatic N) is 3. The van der Waals surface area contributed by atoms with Crippen LogP contribution in [0.2, 0.25) is 0 Å². The molecule has 0 N–H and O–H groups in total. The minimum atomic E-state index is -0.461. The Hall–Kier alpha value is -1.95. The molecule has 1 fully saturated rings. The smallest absolute Gasteiger partial charge is 0.269 e. The van der Waals surface area contributed by atoms with E-state index in [4.69, 9.17) is 0 Å². The molecular formula is C14H19N3O3. The summed E-state index contributed by atoms with van der Waals surface area (Å²) >= 11 is 0. The number of amides is 1. The van der Waals surface area contributed by atoms with Crippen LogP contribution in [0.1, 0.15) is 23.7 Å². The van der Waals surface area contributed by atoms with E-state index in [1.165, 1.54) is 24.3 Å². The molecule has 0 radical (unpaired) electrons. The molecule has 2 rings (SSSR count). The van der Waals surface area contributed by atoms with Gasteiger partial charge in [0.2, 0.25) is 0 Å². The summed E-state index contributed by atoms with van der Waals surface area (Å²) in [6.07, 6.45) is 1.12. The van der Waals surface area contributed by atoms with Gasteiger partial charge in [-0.2, -0.15) is 0 Å². The van der Waals surface area contributed by atoms with Gasteiger partial charge in [-0.05, 0) is 25.1 Å². The number of hydrogen-bond donors (Lipinski definition) is 0. The van der Waals surface area contributed by atoms with Crippen LogP contribution in [0.4, 0.5) is 5.69 Å². The van der Waals surface area contributed by atoms with Crippen LogP contribution in [-0.4, -0.2) is 53.4 Å². The lowest BCUT2D eigenvalue weighted by molar-refractivity contribution is -0.384. The summed E-state index contributed by atoms with van der Waals surface area (Å²) in [5.41, 5.74) is 0.522. The molecule has 0 spiro atoms. The van der Waals surface area contributed by atoms with E-state index in [0.717, 1.165) is 39.1 Å². The van der Waals surface area contributed by atoms with Gasteiger partial charge in [-0.3, -0.25) is 19.8 Å². The highest BCUT2D eigenvalue weighted by Crippen LogP contribution is 2.14. The molecule has 0 aromatic heterocycles. The van der Waals surface area contributed by atoms with E-state index in [0.29, 0.717) is 5.56 Å². The molecule has 1 heterocycles. The molecule has 0 bridgehead atoms. The van der Waals surface area contributed by atoms with Gasteiger partial charge in [-0.1, -0.05) is 6.92 Å². The maximum absolute atomic E-state index is 12.3. The maximum Gasteiger partial charge on any atom is 0.269 e. The Kier molecular flexibility index (Phi) is 4.68. The van der Waals surface area contributed by atoms with Crippen LogP contribution in [0.5, 0.6) is 0 Å². The highest BCUT2D eigenvalue weighted by atomic mass is 16.6. The Morgan fingerprint density at radius 2 is 1.80 bits per heavy atom. The molecule has 20 heavy (non-hydrogen) atoms. The Morgan fingerprint density at radius 3 is 2.30 bits per heavy atom. The van der Waals surface area contributed by atoms with E-state index in [2.05, 4.69) is 11.8 Å². The normalized spacial score (nSPS) is 16.1. The van der Waals surface area contributed by atoms with Gasteiger partial charge in [0.1, 0.15) is 0 Å². The maximum atomic E-state index is 12.3. The van der Waals surface area contributed by atoms with Crippen molar-refractivity contribution in [1.82, 2.24) is 9.80 Å². The molecule has 6 heteroatoms. The van der Waals surface area contributed by atoms with Crippen molar-refractivity contribution in [1.29, 1.82) is 0 Å². The van der Waals surface area contributed by atoms with E-state index in [9.17, 15) is 14.9 Å². The van der Waals surface area contributed by atoms with Crippen molar-refractivity contribution in [3.8, 4) is 0 Å². The molecule has 0 atom stereocenters. The molecule has 1 aliphatic heterocycles. The number of carbonyl (C=O) groups is 1. The molecule has 0 aliphatic carbocycles. The highest BCUT2D eigenvalue weighted by Gasteiger charge is 2.21. The van der Waals surface area contributed by atoms with Crippen LogP contribution in [0.15, 0.2) is 24.3 Å². The third kappa shape index (κ3) is 3.33. The standard InChI is InChI=1S/C14H19N3O3/c1-2-7-15-8-10-16(11-9-15)14(18)12-3-5-13(6-4-12)17(19)20/h3-6H,2,7-11H2,1H3. The summed E-state index contributed by atoms with van der Waals surface area (Å²) in [5, 5.41) is 10.6. The van der Waals surface area contributed by atoms with Crippen molar-refractivity contribution >= 4 is 11.6 Å². The minimum absolute atomic E-state index is 0.00863. The largest absolute Gasteiger partial charge is 0.336 e. The number of benzene rings is 1. The first-order chi connectivity index (χ1) is 9.61. The van der Waals surface area contributed by atoms with Crippen molar-refractivity contribution in [2.45, 2.75) is 13.3 Å². The van der Waals surface area contributed by atoms with Crippen LogP contribution < -0.4 is 0 Å². The SMILES string of the molecule is CCCN1CCN(C(=O)c2ccc([N+](=O)[O-])cc2)CC1. The first kappa shape index (κ1) is 14.5.